The summed E-state index contributed by atoms with van der Waals surface area (Å²) in [5.74, 6) is -0.686. The molecule has 0 saturated carbocycles. The number of nitrogens with one attached hydrogen (secondary N) is 1. The van der Waals surface area contributed by atoms with Crippen LogP contribution in [0.5, 0.6) is 0 Å². The van der Waals surface area contributed by atoms with Gasteiger partial charge in [0.05, 0.1) is 10.0 Å². The standard InChI is InChI=1S/C20H20Cl3NO4S/c1-2-20(29(26,27)28,18(25)13-3-6-15(21)7-4-13)19(9-10-24-12-19)14-5-8-16(22)17(23)11-14/h3-8,11,24H,2,9-10,12H2,1H3,(H,26,27,28). The van der Waals surface area contributed by atoms with Gasteiger partial charge < -0.3 is 5.32 Å². The van der Waals surface area contributed by atoms with Crippen LogP contribution in [0.4, 0.5) is 0 Å². The highest BCUT2D eigenvalue weighted by molar-refractivity contribution is 7.88. The SMILES string of the molecule is CCC(C(=O)c1ccc(Cl)cc1)(C1(c2ccc(Cl)c(Cl)c2)CCNC1)S(=O)(=O)O. The molecule has 9 heteroatoms. The monoisotopic (exact) mass is 475 g/mol. The predicted molar refractivity (Wildman–Crippen MR) is 116 cm³/mol. The van der Waals surface area contributed by atoms with E-state index in [-0.39, 0.29) is 23.6 Å². The summed E-state index contributed by atoms with van der Waals surface area (Å²) in [6.45, 7) is 2.24. The number of rotatable bonds is 6. The van der Waals surface area contributed by atoms with Crippen LogP contribution < -0.4 is 5.32 Å². The summed E-state index contributed by atoms with van der Waals surface area (Å²) in [4.78, 5) is 13.7. The van der Waals surface area contributed by atoms with Gasteiger partial charge in [0.15, 0.2) is 10.5 Å². The Balaban J connectivity index is 2.32. The molecule has 5 nitrogen and oxygen atoms in total. The third-order valence-corrected chi connectivity index (χ3v) is 8.55. The summed E-state index contributed by atoms with van der Waals surface area (Å²) < 4.78 is 34.2. The van der Waals surface area contributed by atoms with Gasteiger partial charge in [-0.05, 0) is 61.3 Å². The minimum Gasteiger partial charge on any atom is -0.316 e. The van der Waals surface area contributed by atoms with Crippen molar-refractivity contribution in [3.63, 3.8) is 0 Å². The van der Waals surface area contributed by atoms with E-state index in [0.717, 1.165) is 0 Å². The molecule has 0 bridgehead atoms. The maximum atomic E-state index is 13.7. The molecule has 0 aromatic heterocycles. The Labute approximate surface area is 185 Å². The number of halogens is 3. The minimum atomic E-state index is -4.85. The summed E-state index contributed by atoms with van der Waals surface area (Å²) in [6.07, 6.45) is 0.188. The number of carbonyl (C=O) groups is 1. The molecule has 0 aliphatic carbocycles. The van der Waals surface area contributed by atoms with E-state index in [4.69, 9.17) is 34.8 Å². The Morgan fingerprint density at radius 1 is 1.14 bits per heavy atom. The first-order valence-corrected chi connectivity index (χ1v) is 11.6. The molecule has 2 unspecified atom stereocenters. The van der Waals surface area contributed by atoms with Crippen molar-refractivity contribution < 1.29 is 17.8 Å². The van der Waals surface area contributed by atoms with E-state index in [1.54, 1.807) is 25.1 Å². The van der Waals surface area contributed by atoms with Crippen LogP contribution >= 0.6 is 34.8 Å². The molecule has 1 saturated heterocycles. The highest BCUT2D eigenvalue weighted by Crippen LogP contribution is 2.49. The quantitative estimate of drug-likeness (QED) is 0.462. The third-order valence-electron chi connectivity index (χ3n) is 5.81. The highest BCUT2D eigenvalue weighted by atomic mass is 35.5. The molecule has 1 fully saturated rings. The smallest absolute Gasteiger partial charge is 0.279 e. The second-order valence-corrected chi connectivity index (χ2v) is 10.0. The van der Waals surface area contributed by atoms with Crippen LogP contribution in [0.15, 0.2) is 42.5 Å². The molecule has 0 spiro atoms. The molecule has 2 N–H and O–H groups in total. The van der Waals surface area contributed by atoms with E-state index in [1.807, 2.05) is 0 Å². The van der Waals surface area contributed by atoms with Gasteiger partial charge in [-0.3, -0.25) is 9.35 Å². The maximum absolute atomic E-state index is 13.7. The molecule has 1 heterocycles. The fourth-order valence-corrected chi connectivity index (χ4v) is 6.33. The summed E-state index contributed by atoms with van der Waals surface area (Å²) >= 11 is 18.2. The summed E-state index contributed by atoms with van der Waals surface area (Å²) in [7, 11) is -4.85. The number of ketones is 1. The van der Waals surface area contributed by atoms with E-state index < -0.39 is 26.1 Å². The van der Waals surface area contributed by atoms with Crippen molar-refractivity contribution in [3.05, 3.63) is 68.7 Å². The average Bonchev–Trinajstić information content (AvgIpc) is 3.15. The molecular formula is C20H20Cl3NO4S. The fourth-order valence-electron chi connectivity index (χ4n) is 4.41. The van der Waals surface area contributed by atoms with E-state index in [1.165, 1.54) is 24.3 Å². The van der Waals surface area contributed by atoms with Crippen LogP contribution in [0.3, 0.4) is 0 Å². The lowest BCUT2D eigenvalue weighted by molar-refractivity contribution is 0.0869. The van der Waals surface area contributed by atoms with Crippen molar-refractivity contribution >= 4 is 50.7 Å². The van der Waals surface area contributed by atoms with Crippen LogP contribution in [0, 0.1) is 0 Å². The summed E-state index contributed by atoms with van der Waals surface area (Å²) in [5.41, 5.74) is -0.556. The Morgan fingerprint density at radius 3 is 2.28 bits per heavy atom. The number of hydrogen-bond donors (Lipinski definition) is 2. The summed E-state index contributed by atoms with van der Waals surface area (Å²) in [5, 5.41) is 4.12. The number of carbonyl (C=O) groups excluding carboxylic acids is 1. The van der Waals surface area contributed by atoms with Crippen molar-refractivity contribution in [2.24, 2.45) is 0 Å². The number of hydrogen-bond acceptors (Lipinski definition) is 4. The normalized spacial score (nSPS) is 21.7. The van der Waals surface area contributed by atoms with E-state index in [2.05, 4.69) is 5.32 Å². The zero-order valence-electron chi connectivity index (χ0n) is 15.6. The van der Waals surface area contributed by atoms with Gasteiger partial charge in [0.2, 0.25) is 0 Å². The zero-order valence-corrected chi connectivity index (χ0v) is 18.7. The maximum Gasteiger partial charge on any atom is 0.279 e. The lowest BCUT2D eigenvalue weighted by Gasteiger charge is -2.45. The molecule has 2 aromatic rings. The Kier molecular flexibility index (Phi) is 6.35. The minimum absolute atomic E-state index is 0.130. The molecule has 0 amide bonds. The van der Waals surface area contributed by atoms with Gasteiger partial charge in [0, 0.05) is 22.5 Å². The molecule has 2 aromatic carbocycles. The number of Topliss-reactive ketones (excluding diaryl/α,β-unsaturated/α-hetero) is 1. The van der Waals surface area contributed by atoms with Crippen molar-refractivity contribution in [2.45, 2.75) is 29.9 Å². The Hall–Kier alpha value is -1.15. The van der Waals surface area contributed by atoms with Gasteiger partial charge in [-0.1, -0.05) is 47.8 Å². The second kappa shape index (κ2) is 8.17. The van der Waals surface area contributed by atoms with Crippen molar-refractivity contribution in [1.29, 1.82) is 0 Å². The second-order valence-electron chi connectivity index (χ2n) is 7.13. The van der Waals surface area contributed by atoms with Crippen molar-refractivity contribution in [1.82, 2.24) is 5.32 Å². The van der Waals surface area contributed by atoms with Crippen molar-refractivity contribution in [3.8, 4) is 0 Å². The highest BCUT2D eigenvalue weighted by Gasteiger charge is 2.64. The van der Waals surface area contributed by atoms with E-state index >= 15 is 0 Å². The first kappa shape index (κ1) is 22.5. The molecule has 3 rings (SSSR count). The first-order chi connectivity index (χ1) is 13.6. The molecule has 29 heavy (non-hydrogen) atoms. The lowest BCUT2D eigenvalue weighted by atomic mass is 9.65. The summed E-state index contributed by atoms with van der Waals surface area (Å²) in [6, 6.07) is 10.7. The van der Waals surface area contributed by atoms with E-state index in [0.29, 0.717) is 28.6 Å². The molecular weight excluding hydrogens is 457 g/mol. The van der Waals surface area contributed by atoms with Crippen LogP contribution in [-0.4, -0.2) is 36.6 Å². The van der Waals surface area contributed by atoms with Gasteiger partial charge in [-0.2, -0.15) is 8.42 Å². The van der Waals surface area contributed by atoms with Crippen LogP contribution in [0.25, 0.3) is 0 Å². The Bertz CT molecular complexity index is 1030. The topological polar surface area (TPSA) is 83.5 Å². The fraction of sp³-hybridized carbons (Fsp3) is 0.350. The predicted octanol–water partition coefficient (Wildman–Crippen LogP) is 4.80. The Morgan fingerprint density at radius 2 is 1.79 bits per heavy atom. The third kappa shape index (κ3) is 3.60. The average molecular weight is 477 g/mol. The van der Waals surface area contributed by atoms with Gasteiger partial charge in [-0.15, -0.1) is 0 Å². The van der Waals surface area contributed by atoms with Gasteiger partial charge >= 0.3 is 0 Å². The molecule has 1 aliphatic rings. The van der Waals surface area contributed by atoms with Crippen LogP contribution in [-0.2, 0) is 15.5 Å². The van der Waals surface area contributed by atoms with Gasteiger partial charge in [0.25, 0.3) is 10.1 Å². The lowest BCUT2D eigenvalue weighted by Crippen LogP contribution is -2.62. The molecule has 1 aliphatic heterocycles. The van der Waals surface area contributed by atoms with Crippen LogP contribution in [0.1, 0.15) is 35.7 Å². The van der Waals surface area contributed by atoms with Crippen LogP contribution in [0.2, 0.25) is 15.1 Å². The largest absolute Gasteiger partial charge is 0.316 e. The van der Waals surface area contributed by atoms with E-state index in [9.17, 15) is 17.8 Å². The van der Waals surface area contributed by atoms with Gasteiger partial charge in [0.1, 0.15) is 0 Å². The van der Waals surface area contributed by atoms with Gasteiger partial charge in [-0.25, -0.2) is 0 Å². The molecule has 2 atom stereocenters. The zero-order chi connectivity index (χ0) is 21.4. The number of benzene rings is 2. The molecule has 0 radical (unpaired) electrons. The van der Waals surface area contributed by atoms with Crippen molar-refractivity contribution in [2.75, 3.05) is 13.1 Å². The molecule has 156 valence electrons. The first-order valence-electron chi connectivity index (χ1n) is 9.03.